The summed E-state index contributed by atoms with van der Waals surface area (Å²) >= 11 is 0. The molecule has 0 radical (unpaired) electrons. The number of amides is 1. The molecule has 0 atom stereocenters. The van der Waals surface area contributed by atoms with Crippen molar-refractivity contribution in [3.05, 3.63) is 30.0 Å². The molecular formula is C16H18N2O5. The fourth-order valence-corrected chi connectivity index (χ4v) is 2.76. The molecule has 2 heterocycles. The van der Waals surface area contributed by atoms with Crippen LogP contribution in [0.3, 0.4) is 0 Å². The molecule has 1 aromatic carbocycles. The van der Waals surface area contributed by atoms with E-state index in [-0.39, 0.29) is 5.76 Å². The highest BCUT2D eigenvalue weighted by Gasteiger charge is 2.23. The number of benzene rings is 1. The quantitative estimate of drug-likeness (QED) is 0.875. The monoisotopic (exact) mass is 318 g/mol. The molecule has 7 nitrogen and oxygen atoms in total. The van der Waals surface area contributed by atoms with E-state index in [0.717, 1.165) is 11.1 Å². The van der Waals surface area contributed by atoms with Gasteiger partial charge in [-0.15, -0.1) is 0 Å². The van der Waals surface area contributed by atoms with Crippen LogP contribution in [-0.2, 0) is 4.74 Å². The Balaban J connectivity index is 1.87. The standard InChI is InChI=1S/C16H18N2O5/c1-2-22-15(19)14-10-11-12(4-3-5-13(11)23-14)17-6-8-18(9-7-17)16(20)21/h3-5,10H,2,6-9H2,1H3,(H,20,21). The Morgan fingerprint density at radius 1 is 1.26 bits per heavy atom. The first kappa shape index (κ1) is 15.2. The zero-order valence-corrected chi connectivity index (χ0v) is 12.8. The van der Waals surface area contributed by atoms with Crippen molar-refractivity contribution in [3.63, 3.8) is 0 Å². The molecule has 23 heavy (non-hydrogen) atoms. The van der Waals surface area contributed by atoms with Gasteiger partial charge in [0.25, 0.3) is 0 Å². The lowest BCUT2D eigenvalue weighted by Crippen LogP contribution is -2.48. The predicted octanol–water partition coefficient (Wildman–Crippen LogP) is 2.41. The zero-order chi connectivity index (χ0) is 16.4. The number of ether oxygens (including phenoxy) is 1. The molecule has 0 saturated carbocycles. The lowest BCUT2D eigenvalue weighted by atomic mass is 10.1. The summed E-state index contributed by atoms with van der Waals surface area (Å²) in [6, 6.07) is 7.30. The maximum absolute atomic E-state index is 11.8. The lowest BCUT2D eigenvalue weighted by molar-refractivity contribution is 0.0492. The van der Waals surface area contributed by atoms with E-state index in [1.807, 2.05) is 12.1 Å². The van der Waals surface area contributed by atoms with Gasteiger partial charge in [0.15, 0.2) is 0 Å². The van der Waals surface area contributed by atoms with Gasteiger partial charge in [-0.2, -0.15) is 0 Å². The van der Waals surface area contributed by atoms with Crippen LogP contribution in [-0.4, -0.2) is 54.9 Å². The fraction of sp³-hybridized carbons (Fsp3) is 0.375. The fourth-order valence-electron chi connectivity index (χ4n) is 2.76. The van der Waals surface area contributed by atoms with Crippen LogP contribution in [0.2, 0.25) is 0 Å². The third-order valence-electron chi connectivity index (χ3n) is 3.91. The SMILES string of the molecule is CCOC(=O)c1cc2c(N3CCN(C(=O)O)CC3)cccc2o1. The second-order valence-corrected chi connectivity index (χ2v) is 5.28. The van der Waals surface area contributed by atoms with E-state index in [0.29, 0.717) is 38.4 Å². The summed E-state index contributed by atoms with van der Waals surface area (Å²) in [5.41, 5.74) is 1.55. The predicted molar refractivity (Wildman–Crippen MR) is 84.0 cm³/mol. The largest absolute Gasteiger partial charge is 0.465 e. The topological polar surface area (TPSA) is 83.2 Å². The Hall–Kier alpha value is -2.70. The summed E-state index contributed by atoms with van der Waals surface area (Å²) in [4.78, 5) is 26.3. The van der Waals surface area contributed by atoms with Gasteiger partial charge >= 0.3 is 12.1 Å². The molecule has 1 fully saturated rings. The molecule has 1 aromatic heterocycles. The summed E-state index contributed by atoms with van der Waals surface area (Å²) in [5.74, 6) is -0.302. The van der Waals surface area contributed by atoms with E-state index in [1.165, 1.54) is 4.90 Å². The second kappa shape index (κ2) is 6.20. The van der Waals surface area contributed by atoms with E-state index in [1.54, 1.807) is 19.1 Å². The molecule has 1 N–H and O–H groups in total. The molecule has 0 bridgehead atoms. The van der Waals surface area contributed by atoms with Crippen LogP contribution in [0.5, 0.6) is 0 Å². The maximum Gasteiger partial charge on any atom is 0.407 e. The number of nitrogens with zero attached hydrogens (tertiary/aromatic N) is 2. The Labute approximate surface area is 133 Å². The molecule has 0 unspecified atom stereocenters. The first-order valence-electron chi connectivity index (χ1n) is 7.52. The Bertz CT molecular complexity index is 731. The molecular weight excluding hydrogens is 300 g/mol. The van der Waals surface area contributed by atoms with Crippen LogP contribution in [0.4, 0.5) is 10.5 Å². The Morgan fingerprint density at radius 3 is 2.65 bits per heavy atom. The summed E-state index contributed by atoms with van der Waals surface area (Å²) in [6.07, 6.45) is -0.893. The van der Waals surface area contributed by atoms with Crippen molar-refractivity contribution in [2.45, 2.75) is 6.92 Å². The second-order valence-electron chi connectivity index (χ2n) is 5.28. The molecule has 1 aliphatic heterocycles. The average molecular weight is 318 g/mol. The van der Waals surface area contributed by atoms with Crippen LogP contribution >= 0.6 is 0 Å². The maximum atomic E-state index is 11.8. The van der Waals surface area contributed by atoms with Gasteiger partial charge in [0.1, 0.15) is 5.58 Å². The highest BCUT2D eigenvalue weighted by Crippen LogP contribution is 2.30. The van der Waals surface area contributed by atoms with Gasteiger partial charge in [-0.05, 0) is 19.1 Å². The highest BCUT2D eigenvalue weighted by molar-refractivity contribution is 5.98. The van der Waals surface area contributed by atoms with Gasteiger partial charge in [-0.25, -0.2) is 9.59 Å². The molecule has 3 rings (SSSR count). The number of anilines is 1. The zero-order valence-electron chi connectivity index (χ0n) is 12.8. The smallest absolute Gasteiger partial charge is 0.407 e. The molecule has 1 aliphatic rings. The number of carbonyl (C=O) groups is 2. The normalized spacial score (nSPS) is 15.0. The first-order valence-corrected chi connectivity index (χ1v) is 7.52. The van der Waals surface area contributed by atoms with Crippen molar-refractivity contribution >= 4 is 28.7 Å². The summed E-state index contributed by atoms with van der Waals surface area (Å²) in [6.45, 7) is 4.15. The minimum atomic E-state index is -0.893. The number of furan rings is 1. The van der Waals surface area contributed by atoms with Crippen molar-refractivity contribution in [1.29, 1.82) is 0 Å². The number of hydrogen-bond acceptors (Lipinski definition) is 5. The van der Waals surface area contributed by atoms with Crippen LogP contribution < -0.4 is 4.90 Å². The number of carbonyl (C=O) groups excluding carboxylic acids is 1. The molecule has 1 saturated heterocycles. The lowest BCUT2D eigenvalue weighted by Gasteiger charge is -2.34. The number of fused-ring (bicyclic) bond motifs is 1. The molecule has 7 heteroatoms. The highest BCUT2D eigenvalue weighted by atomic mass is 16.5. The summed E-state index contributed by atoms with van der Waals surface area (Å²) in [5, 5.41) is 9.86. The van der Waals surface area contributed by atoms with Gasteiger partial charge in [-0.3, -0.25) is 0 Å². The Morgan fingerprint density at radius 2 is 2.00 bits per heavy atom. The molecule has 1 amide bonds. The van der Waals surface area contributed by atoms with E-state index >= 15 is 0 Å². The van der Waals surface area contributed by atoms with Crippen molar-refractivity contribution in [2.24, 2.45) is 0 Å². The number of hydrogen-bond donors (Lipinski definition) is 1. The number of esters is 1. The van der Waals surface area contributed by atoms with Crippen molar-refractivity contribution in [1.82, 2.24) is 4.90 Å². The van der Waals surface area contributed by atoms with Gasteiger partial charge < -0.3 is 24.1 Å². The van der Waals surface area contributed by atoms with Crippen LogP contribution in [0.15, 0.2) is 28.7 Å². The van der Waals surface area contributed by atoms with Crippen molar-refractivity contribution in [2.75, 3.05) is 37.7 Å². The molecule has 122 valence electrons. The van der Waals surface area contributed by atoms with Crippen LogP contribution in [0, 0.1) is 0 Å². The molecule has 0 aliphatic carbocycles. The Kier molecular flexibility index (Phi) is 4.10. The minimum absolute atomic E-state index is 0.179. The molecule has 2 aromatic rings. The van der Waals surface area contributed by atoms with E-state index < -0.39 is 12.1 Å². The number of rotatable bonds is 3. The summed E-state index contributed by atoms with van der Waals surface area (Å²) in [7, 11) is 0. The third kappa shape index (κ3) is 2.94. The molecule has 0 spiro atoms. The third-order valence-corrected chi connectivity index (χ3v) is 3.91. The van der Waals surface area contributed by atoms with E-state index in [2.05, 4.69) is 4.90 Å². The number of carboxylic acid groups (broad SMARTS) is 1. The van der Waals surface area contributed by atoms with Crippen molar-refractivity contribution in [3.8, 4) is 0 Å². The summed E-state index contributed by atoms with van der Waals surface area (Å²) < 4.78 is 10.5. The van der Waals surface area contributed by atoms with E-state index in [4.69, 9.17) is 14.3 Å². The van der Waals surface area contributed by atoms with Gasteiger partial charge in [0.2, 0.25) is 5.76 Å². The first-order chi connectivity index (χ1) is 11.1. The van der Waals surface area contributed by atoms with Gasteiger partial charge in [-0.1, -0.05) is 6.07 Å². The van der Waals surface area contributed by atoms with Gasteiger partial charge in [0, 0.05) is 43.3 Å². The van der Waals surface area contributed by atoms with Crippen LogP contribution in [0.1, 0.15) is 17.5 Å². The minimum Gasteiger partial charge on any atom is -0.465 e. The average Bonchev–Trinajstić information content (AvgIpc) is 2.99. The van der Waals surface area contributed by atoms with Gasteiger partial charge in [0.05, 0.1) is 6.61 Å². The van der Waals surface area contributed by atoms with Crippen LogP contribution in [0.25, 0.3) is 11.0 Å². The van der Waals surface area contributed by atoms with E-state index in [9.17, 15) is 9.59 Å². The number of piperazine rings is 1. The van der Waals surface area contributed by atoms with Crippen molar-refractivity contribution < 1.29 is 23.8 Å².